The monoisotopic (exact) mass is 427 g/mol. The summed E-state index contributed by atoms with van der Waals surface area (Å²) in [5.41, 5.74) is 2.94. The summed E-state index contributed by atoms with van der Waals surface area (Å²) in [5.74, 6) is 0. The van der Waals surface area contributed by atoms with Crippen molar-refractivity contribution in [3.8, 4) is 0 Å². The van der Waals surface area contributed by atoms with Gasteiger partial charge in [0.25, 0.3) is 0 Å². The van der Waals surface area contributed by atoms with Crippen molar-refractivity contribution in [2.24, 2.45) is 0 Å². The third-order valence-corrected chi connectivity index (χ3v) is 6.25. The van der Waals surface area contributed by atoms with E-state index in [-0.39, 0.29) is 6.04 Å². The molecule has 3 rings (SSSR count). The summed E-state index contributed by atoms with van der Waals surface area (Å²) in [4.78, 5) is 2.47. The van der Waals surface area contributed by atoms with Gasteiger partial charge >= 0.3 is 0 Å². The Bertz CT molecular complexity index is 868. The quantitative estimate of drug-likeness (QED) is 0.303. The van der Waals surface area contributed by atoms with Crippen LogP contribution in [0.5, 0.6) is 0 Å². The number of rotatable bonds is 13. The Labute approximate surface area is 194 Å². The average molecular weight is 428 g/mol. The minimum atomic E-state index is -0.836. The Balaban J connectivity index is 2.01. The molecule has 1 N–H and O–H groups in total. The second kappa shape index (κ2) is 12.4. The highest BCUT2D eigenvalue weighted by molar-refractivity contribution is 5.21. The van der Waals surface area contributed by atoms with Crippen LogP contribution in [0.25, 0.3) is 0 Å². The maximum absolute atomic E-state index is 12.1. The third kappa shape index (κ3) is 6.91. The Kier molecular flexibility index (Phi) is 9.27. The molecule has 0 unspecified atom stereocenters. The number of nitrogens with zero attached hydrogens (tertiary/aromatic N) is 1. The molecule has 0 spiro atoms. The standard InChI is InChI=1S/C30H37NO/c1-3-5-22-30(32,21-4-2)29(23-26-15-9-6-10-16-26)31(24-27-17-11-7-12-18-27)25-28-19-13-8-14-20-28/h4,6-20,29,32H,2-3,5,21-25H2,1H3/t29-,30+/m0/s1. The molecule has 0 aromatic heterocycles. The molecule has 0 saturated heterocycles. The molecule has 0 saturated carbocycles. The fourth-order valence-corrected chi connectivity index (χ4v) is 4.55. The van der Waals surface area contributed by atoms with E-state index in [1.807, 2.05) is 6.08 Å². The molecule has 168 valence electrons. The van der Waals surface area contributed by atoms with Gasteiger partial charge in [0.1, 0.15) is 0 Å². The highest BCUT2D eigenvalue weighted by atomic mass is 16.3. The number of aliphatic hydroxyl groups is 1. The van der Waals surface area contributed by atoms with Crippen LogP contribution in [0.15, 0.2) is 104 Å². The lowest BCUT2D eigenvalue weighted by atomic mass is 9.81. The minimum absolute atomic E-state index is 0.0325. The molecular formula is C30H37NO. The van der Waals surface area contributed by atoms with Crippen LogP contribution in [0, 0.1) is 0 Å². The Morgan fingerprint density at radius 3 is 1.72 bits per heavy atom. The largest absolute Gasteiger partial charge is 0.388 e. The average Bonchev–Trinajstić information content (AvgIpc) is 2.83. The van der Waals surface area contributed by atoms with Crippen molar-refractivity contribution in [3.63, 3.8) is 0 Å². The van der Waals surface area contributed by atoms with Gasteiger partial charge in [-0.1, -0.05) is 117 Å². The molecule has 2 nitrogen and oxygen atoms in total. The zero-order valence-electron chi connectivity index (χ0n) is 19.4. The fourth-order valence-electron chi connectivity index (χ4n) is 4.55. The van der Waals surface area contributed by atoms with Gasteiger partial charge in [-0.3, -0.25) is 4.90 Å². The van der Waals surface area contributed by atoms with E-state index >= 15 is 0 Å². The minimum Gasteiger partial charge on any atom is -0.388 e. The lowest BCUT2D eigenvalue weighted by molar-refractivity contribution is -0.0594. The SMILES string of the molecule is C=CC[C@@](O)(CCCC)[C@H](Cc1ccccc1)N(Cc1ccccc1)Cc1ccccc1. The smallest absolute Gasteiger partial charge is 0.0839 e. The van der Waals surface area contributed by atoms with Gasteiger partial charge in [0.15, 0.2) is 0 Å². The van der Waals surface area contributed by atoms with Crippen molar-refractivity contribution < 1.29 is 5.11 Å². The molecule has 3 aromatic rings. The van der Waals surface area contributed by atoms with Gasteiger partial charge in [-0.15, -0.1) is 6.58 Å². The van der Waals surface area contributed by atoms with Crippen LogP contribution in [-0.4, -0.2) is 21.6 Å². The first kappa shape index (κ1) is 24.0. The van der Waals surface area contributed by atoms with Crippen LogP contribution < -0.4 is 0 Å². The zero-order chi connectivity index (χ0) is 22.7. The van der Waals surface area contributed by atoms with E-state index in [1.165, 1.54) is 16.7 Å². The van der Waals surface area contributed by atoms with Crippen molar-refractivity contribution >= 4 is 0 Å². The number of benzene rings is 3. The number of unbranched alkanes of at least 4 members (excludes halogenated alkanes) is 1. The topological polar surface area (TPSA) is 23.5 Å². The van der Waals surface area contributed by atoms with E-state index in [2.05, 4.69) is 109 Å². The van der Waals surface area contributed by atoms with E-state index < -0.39 is 5.60 Å². The zero-order valence-corrected chi connectivity index (χ0v) is 19.4. The predicted molar refractivity (Wildman–Crippen MR) is 135 cm³/mol. The van der Waals surface area contributed by atoms with E-state index in [0.717, 1.165) is 38.8 Å². The molecule has 2 heteroatoms. The van der Waals surface area contributed by atoms with E-state index in [0.29, 0.717) is 6.42 Å². The molecule has 0 amide bonds. The molecular weight excluding hydrogens is 390 g/mol. The molecule has 2 atom stereocenters. The van der Waals surface area contributed by atoms with Crippen LogP contribution in [0.3, 0.4) is 0 Å². The fraction of sp³-hybridized carbons (Fsp3) is 0.333. The van der Waals surface area contributed by atoms with Crippen LogP contribution >= 0.6 is 0 Å². The first-order valence-electron chi connectivity index (χ1n) is 11.8. The van der Waals surface area contributed by atoms with Crippen LogP contribution in [0.2, 0.25) is 0 Å². The van der Waals surface area contributed by atoms with Crippen molar-refractivity contribution in [1.82, 2.24) is 4.90 Å². The summed E-state index contributed by atoms with van der Waals surface area (Å²) < 4.78 is 0. The summed E-state index contributed by atoms with van der Waals surface area (Å²) in [6.45, 7) is 7.76. The van der Waals surface area contributed by atoms with Crippen LogP contribution in [0.4, 0.5) is 0 Å². The second-order valence-electron chi connectivity index (χ2n) is 8.78. The molecule has 0 radical (unpaired) electrons. The van der Waals surface area contributed by atoms with Gasteiger partial charge in [0, 0.05) is 19.1 Å². The molecule has 0 aliphatic heterocycles. The molecule has 0 aliphatic rings. The number of hydrogen-bond acceptors (Lipinski definition) is 2. The Morgan fingerprint density at radius 2 is 1.28 bits per heavy atom. The molecule has 0 aliphatic carbocycles. The molecule has 0 heterocycles. The highest BCUT2D eigenvalue weighted by Gasteiger charge is 2.39. The number of hydrogen-bond donors (Lipinski definition) is 1. The molecule has 0 bridgehead atoms. The summed E-state index contributed by atoms with van der Waals surface area (Å²) in [6.07, 6.45) is 6.11. The van der Waals surface area contributed by atoms with Gasteiger partial charge in [0.2, 0.25) is 0 Å². The first-order chi connectivity index (χ1) is 15.6. The maximum atomic E-state index is 12.1. The highest BCUT2D eigenvalue weighted by Crippen LogP contribution is 2.32. The predicted octanol–water partition coefficient (Wildman–Crippen LogP) is 6.80. The molecule has 32 heavy (non-hydrogen) atoms. The van der Waals surface area contributed by atoms with Crippen molar-refractivity contribution in [1.29, 1.82) is 0 Å². The van der Waals surface area contributed by atoms with E-state index in [4.69, 9.17) is 0 Å². The summed E-state index contributed by atoms with van der Waals surface area (Å²) in [5, 5.41) is 12.1. The molecule has 0 fully saturated rings. The van der Waals surface area contributed by atoms with E-state index in [9.17, 15) is 5.11 Å². The Morgan fingerprint density at radius 1 is 0.812 bits per heavy atom. The normalized spacial score (nSPS) is 14.1. The van der Waals surface area contributed by atoms with Crippen molar-refractivity contribution in [2.45, 2.75) is 63.8 Å². The summed E-state index contributed by atoms with van der Waals surface area (Å²) >= 11 is 0. The summed E-state index contributed by atoms with van der Waals surface area (Å²) in [6, 6.07) is 31.7. The van der Waals surface area contributed by atoms with Gasteiger partial charge in [-0.25, -0.2) is 0 Å². The third-order valence-electron chi connectivity index (χ3n) is 6.25. The summed E-state index contributed by atoms with van der Waals surface area (Å²) in [7, 11) is 0. The lowest BCUT2D eigenvalue weighted by Gasteiger charge is -2.43. The maximum Gasteiger partial charge on any atom is 0.0839 e. The first-order valence-corrected chi connectivity index (χ1v) is 11.8. The lowest BCUT2D eigenvalue weighted by Crippen LogP contribution is -2.53. The van der Waals surface area contributed by atoms with Crippen LogP contribution in [0.1, 0.15) is 49.3 Å². The van der Waals surface area contributed by atoms with Crippen molar-refractivity contribution in [2.75, 3.05) is 0 Å². The van der Waals surface area contributed by atoms with Gasteiger partial charge < -0.3 is 5.11 Å². The van der Waals surface area contributed by atoms with E-state index in [1.54, 1.807) is 0 Å². The van der Waals surface area contributed by atoms with Gasteiger partial charge in [0.05, 0.1) is 5.60 Å². The second-order valence-corrected chi connectivity index (χ2v) is 8.78. The van der Waals surface area contributed by atoms with Crippen LogP contribution in [-0.2, 0) is 19.5 Å². The van der Waals surface area contributed by atoms with Gasteiger partial charge in [-0.05, 0) is 36.0 Å². The van der Waals surface area contributed by atoms with Crippen molar-refractivity contribution in [3.05, 3.63) is 120 Å². The Hall–Kier alpha value is -2.68. The molecule has 3 aromatic carbocycles. The van der Waals surface area contributed by atoms with Gasteiger partial charge in [-0.2, -0.15) is 0 Å².